The van der Waals surface area contributed by atoms with Crippen LogP contribution in [-0.2, 0) is 5.41 Å². The Kier molecular flexibility index (Phi) is 9.88. The summed E-state index contributed by atoms with van der Waals surface area (Å²) in [6.45, 7) is 0. The maximum Gasteiger partial charge on any atom is 0.164 e. The molecule has 3 heterocycles. The number of thiophene rings is 1. The van der Waals surface area contributed by atoms with Crippen LogP contribution in [-0.4, -0.2) is 19.5 Å². The number of fused-ring (bicyclic) bond motifs is 6. The molecule has 324 valence electrons. The van der Waals surface area contributed by atoms with Crippen LogP contribution in [0.1, 0.15) is 22.3 Å². The SMILES string of the molecule is c1ccc(C(c2ccccc2)(c2ccccc2)c2cccc(-c3nc(-c4ccc(-c5ccc6sc7ccccc7c6c5)cc4)nc(-c4cccc(-n5c6ccccc6c6ccccc65)c4)n3)c2)cc1. The number of aromatic nitrogens is 4. The zero-order valence-electron chi connectivity index (χ0n) is 37.4. The third-order valence-corrected chi connectivity index (χ3v) is 14.8. The van der Waals surface area contributed by atoms with E-state index < -0.39 is 5.41 Å². The van der Waals surface area contributed by atoms with Crippen molar-refractivity contribution in [2.45, 2.75) is 5.41 Å². The predicted molar refractivity (Wildman–Crippen MR) is 287 cm³/mol. The van der Waals surface area contributed by atoms with E-state index in [1.54, 1.807) is 0 Å². The molecule has 13 aromatic rings. The predicted octanol–water partition coefficient (Wildman–Crippen LogP) is 16.4. The van der Waals surface area contributed by atoms with Crippen molar-refractivity contribution in [1.29, 1.82) is 0 Å². The first-order valence-corrected chi connectivity index (χ1v) is 24.2. The molecular formula is C64H42N4S. The zero-order chi connectivity index (χ0) is 45.7. The maximum absolute atomic E-state index is 5.37. The minimum Gasteiger partial charge on any atom is -0.309 e. The van der Waals surface area contributed by atoms with Crippen LogP contribution in [0, 0.1) is 0 Å². The highest BCUT2D eigenvalue weighted by molar-refractivity contribution is 7.25. The molecule has 0 aliphatic rings. The Morgan fingerprint density at radius 3 is 1.35 bits per heavy atom. The summed E-state index contributed by atoms with van der Waals surface area (Å²) < 4.78 is 4.94. The molecule has 0 aliphatic carbocycles. The maximum atomic E-state index is 5.37. The summed E-state index contributed by atoms with van der Waals surface area (Å²) in [5.74, 6) is 1.80. The highest BCUT2D eigenvalue weighted by Crippen LogP contribution is 2.46. The van der Waals surface area contributed by atoms with Crippen LogP contribution in [0.15, 0.2) is 255 Å². The average molecular weight is 899 g/mol. The Bertz CT molecular complexity index is 3860. The molecule has 0 aliphatic heterocycles. The third-order valence-electron chi connectivity index (χ3n) is 13.6. The number of para-hydroxylation sites is 2. The zero-order valence-corrected chi connectivity index (χ0v) is 38.3. The lowest BCUT2D eigenvalue weighted by Gasteiger charge is -2.37. The van der Waals surface area contributed by atoms with Crippen molar-refractivity contribution in [3.8, 4) is 51.0 Å². The molecule has 0 bridgehead atoms. The van der Waals surface area contributed by atoms with Gasteiger partial charge in [0.25, 0.3) is 0 Å². The topological polar surface area (TPSA) is 43.6 Å². The normalized spacial score (nSPS) is 11.8. The van der Waals surface area contributed by atoms with Gasteiger partial charge in [-0.3, -0.25) is 0 Å². The van der Waals surface area contributed by atoms with Crippen LogP contribution in [0.3, 0.4) is 0 Å². The van der Waals surface area contributed by atoms with Gasteiger partial charge in [-0.15, -0.1) is 11.3 Å². The van der Waals surface area contributed by atoms with Gasteiger partial charge in [-0.2, -0.15) is 0 Å². The van der Waals surface area contributed by atoms with E-state index in [4.69, 9.17) is 15.0 Å². The Morgan fingerprint density at radius 1 is 0.290 bits per heavy atom. The lowest BCUT2D eigenvalue weighted by Crippen LogP contribution is -2.31. The molecule has 0 atom stereocenters. The van der Waals surface area contributed by atoms with E-state index in [0.29, 0.717) is 17.5 Å². The van der Waals surface area contributed by atoms with Crippen LogP contribution in [0.4, 0.5) is 0 Å². The van der Waals surface area contributed by atoms with Gasteiger partial charge in [0.1, 0.15) is 0 Å². The molecule has 10 aromatic carbocycles. The van der Waals surface area contributed by atoms with Gasteiger partial charge in [0.15, 0.2) is 17.5 Å². The van der Waals surface area contributed by atoms with E-state index in [-0.39, 0.29) is 0 Å². The summed E-state index contributed by atoms with van der Waals surface area (Å²) in [5, 5.41) is 5.01. The number of nitrogens with zero attached hydrogens (tertiary/aromatic N) is 4. The van der Waals surface area contributed by atoms with Gasteiger partial charge in [0.05, 0.1) is 16.4 Å². The molecule has 5 heteroatoms. The number of hydrogen-bond donors (Lipinski definition) is 0. The van der Waals surface area contributed by atoms with Gasteiger partial charge in [-0.25, -0.2) is 15.0 Å². The highest BCUT2D eigenvalue weighted by atomic mass is 32.1. The fourth-order valence-electron chi connectivity index (χ4n) is 10.4. The molecular weight excluding hydrogens is 857 g/mol. The fourth-order valence-corrected chi connectivity index (χ4v) is 11.5. The van der Waals surface area contributed by atoms with Gasteiger partial charge in [-0.1, -0.05) is 206 Å². The molecule has 0 fully saturated rings. The second-order valence-electron chi connectivity index (χ2n) is 17.5. The molecule has 0 spiro atoms. The van der Waals surface area contributed by atoms with Crippen molar-refractivity contribution in [3.05, 3.63) is 277 Å². The van der Waals surface area contributed by atoms with E-state index >= 15 is 0 Å². The molecule has 0 amide bonds. The Morgan fingerprint density at radius 2 is 0.739 bits per heavy atom. The van der Waals surface area contributed by atoms with Gasteiger partial charge in [0, 0.05) is 53.3 Å². The van der Waals surface area contributed by atoms with Crippen LogP contribution in [0.25, 0.3) is 93.0 Å². The van der Waals surface area contributed by atoms with E-state index in [9.17, 15) is 0 Å². The van der Waals surface area contributed by atoms with Crippen molar-refractivity contribution in [2.24, 2.45) is 0 Å². The summed E-state index contributed by atoms with van der Waals surface area (Å²) >= 11 is 1.84. The molecule has 4 nitrogen and oxygen atoms in total. The van der Waals surface area contributed by atoms with Gasteiger partial charge in [0.2, 0.25) is 0 Å². The standard InChI is InChI=1S/C64H42N4S/c1-4-20-48(21-5-1)64(49-22-6-2-7-23-49,50-24-8-3-9-25-50)51-26-16-18-46(40-51)62-65-61(44-36-34-43(35-37-44)45-38-39-60-56(42-45)55-30-12-15-33-59(55)69-60)66-63(67-62)47-19-17-27-52(41-47)68-57-31-13-10-28-53(57)54-29-11-14-32-58(54)68/h1-42H. The lowest BCUT2D eigenvalue weighted by molar-refractivity contribution is 0.745. The number of hydrogen-bond acceptors (Lipinski definition) is 4. The molecule has 0 unspecified atom stereocenters. The minimum absolute atomic E-state index is 0.598. The van der Waals surface area contributed by atoms with Crippen LogP contribution in [0.5, 0.6) is 0 Å². The number of benzene rings is 10. The molecule has 0 saturated carbocycles. The molecule has 3 aromatic heterocycles. The van der Waals surface area contributed by atoms with Gasteiger partial charge < -0.3 is 4.57 Å². The van der Waals surface area contributed by atoms with Crippen molar-refractivity contribution in [2.75, 3.05) is 0 Å². The van der Waals surface area contributed by atoms with E-state index in [0.717, 1.165) is 44.5 Å². The summed E-state index contributed by atoms with van der Waals surface area (Å²) in [6, 6.07) is 91.1. The highest BCUT2D eigenvalue weighted by Gasteiger charge is 2.38. The summed E-state index contributed by atoms with van der Waals surface area (Å²) in [6.07, 6.45) is 0. The summed E-state index contributed by atoms with van der Waals surface area (Å²) in [7, 11) is 0. The molecule has 0 radical (unpaired) electrons. The largest absolute Gasteiger partial charge is 0.309 e. The van der Waals surface area contributed by atoms with E-state index in [2.05, 4.69) is 259 Å². The first kappa shape index (κ1) is 40.5. The van der Waals surface area contributed by atoms with Crippen LogP contribution < -0.4 is 0 Å². The van der Waals surface area contributed by atoms with Gasteiger partial charge >= 0.3 is 0 Å². The van der Waals surface area contributed by atoms with Crippen molar-refractivity contribution >= 4 is 53.3 Å². The smallest absolute Gasteiger partial charge is 0.164 e. The first-order valence-electron chi connectivity index (χ1n) is 23.3. The molecule has 13 rings (SSSR count). The lowest BCUT2D eigenvalue weighted by atomic mass is 9.65. The van der Waals surface area contributed by atoms with E-state index in [1.807, 2.05) is 11.3 Å². The Hall–Kier alpha value is -8.77. The second kappa shape index (κ2) is 16.8. The third kappa shape index (κ3) is 6.94. The first-order chi connectivity index (χ1) is 34.2. The van der Waals surface area contributed by atoms with Crippen molar-refractivity contribution < 1.29 is 0 Å². The van der Waals surface area contributed by atoms with Crippen LogP contribution in [0.2, 0.25) is 0 Å². The number of rotatable bonds is 9. The molecule has 0 N–H and O–H groups in total. The van der Waals surface area contributed by atoms with E-state index in [1.165, 1.54) is 53.2 Å². The van der Waals surface area contributed by atoms with Crippen molar-refractivity contribution in [3.63, 3.8) is 0 Å². The summed E-state index contributed by atoms with van der Waals surface area (Å²) in [4.78, 5) is 16.0. The summed E-state index contributed by atoms with van der Waals surface area (Å²) in [5.41, 5.74) is 12.3. The Labute approximate surface area is 404 Å². The minimum atomic E-state index is -0.636. The monoisotopic (exact) mass is 898 g/mol. The second-order valence-corrected chi connectivity index (χ2v) is 18.6. The Balaban J connectivity index is 0.986. The van der Waals surface area contributed by atoms with Gasteiger partial charge in [-0.05, 0) is 81.9 Å². The molecule has 0 saturated heterocycles. The average Bonchev–Trinajstić information content (AvgIpc) is 3.98. The fraction of sp³-hybridized carbons (Fsp3) is 0.0156. The molecule has 69 heavy (non-hydrogen) atoms. The quantitative estimate of drug-likeness (QED) is 0.136. The van der Waals surface area contributed by atoms with Crippen LogP contribution >= 0.6 is 11.3 Å². The van der Waals surface area contributed by atoms with Crippen molar-refractivity contribution in [1.82, 2.24) is 19.5 Å².